The van der Waals surface area contributed by atoms with E-state index in [0.29, 0.717) is 6.29 Å². The summed E-state index contributed by atoms with van der Waals surface area (Å²) in [6.45, 7) is 6.86. The molecule has 0 aromatic rings. The van der Waals surface area contributed by atoms with E-state index in [2.05, 4.69) is 5.32 Å². The summed E-state index contributed by atoms with van der Waals surface area (Å²) in [5.41, 5.74) is 0. The maximum Gasteiger partial charge on any atom is 0.308 e. The van der Waals surface area contributed by atoms with Crippen molar-refractivity contribution in [1.82, 2.24) is 5.32 Å². The molecule has 0 radical (unpaired) electrons. The summed E-state index contributed by atoms with van der Waals surface area (Å²) < 4.78 is 34.2. The van der Waals surface area contributed by atoms with Crippen LogP contribution in [0.3, 0.4) is 0 Å². The van der Waals surface area contributed by atoms with Gasteiger partial charge < -0.3 is 74.3 Å². The van der Waals surface area contributed by atoms with Crippen molar-refractivity contribution < 1.29 is 78.6 Å². The van der Waals surface area contributed by atoms with Crippen LogP contribution >= 0.6 is 0 Å². The minimum absolute atomic E-state index is 0.248. The second-order valence-electron chi connectivity index (χ2n) is 11.7. The third-order valence-corrected chi connectivity index (χ3v) is 7.98. The average molecular weight is 640 g/mol. The zero-order chi connectivity index (χ0) is 33.0. The van der Waals surface area contributed by atoms with Gasteiger partial charge >= 0.3 is 5.97 Å². The zero-order valence-corrected chi connectivity index (χ0v) is 25.1. The highest BCUT2D eigenvalue weighted by Gasteiger charge is 2.53. The number of ether oxygens (including phenoxy) is 6. The Morgan fingerprint density at radius 3 is 1.95 bits per heavy atom. The van der Waals surface area contributed by atoms with Crippen LogP contribution in [0.5, 0.6) is 0 Å². The van der Waals surface area contributed by atoms with E-state index in [9.17, 15) is 50.1 Å². The molecule has 0 aromatic heterocycles. The van der Waals surface area contributed by atoms with Crippen LogP contribution in [-0.2, 0) is 42.8 Å². The minimum Gasteiger partial charge on any atom is -0.481 e. The van der Waals surface area contributed by atoms with Gasteiger partial charge in [0.2, 0.25) is 5.91 Å². The minimum atomic E-state index is -1.80. The lowest BCUT2D eigenvalue weighted by Crippen LogP contribution is -2.66. The number of aliphatic hydroxyl groups excluding tert-OH is 6. The molecule has 0 aromatic carbocycles. The van der Waals surface area contributed by atoms with Gasteiger partial charge in [-0.25, -0.2) is 0 Å². The van der Waals surface area contributed by atoms with Gasteiger partial charge in [0.1, 0.15) is 42.9 Å². The lowest BCUT2D eigenvalue weighted by atomic mass is 9.89. The van der Waals surface area contributed by atoms with E-state index in [1.807, 2.05) is 0 Å². The van der Waals surface area contributed by atoms with Crippen LogP contribution in [0, 0.1) is 11.8 Å². The molecule has 3 rings (SSSR count). The standard InChI is InChI=1S/C27H45NO16/c1-9(24(37)38)8-39-27-23(20(35)17(32)12(4)42-27)44-26-21(36)22(18(33)13(5)41-26)43-25-14(7-29)19(34)16(11(3)40-25)28-15(31)6-10(2)30/h7,9-14,16-23,25-27,30,32-36H,6,8H2,1-5H3,(H,28,31)(H,37,38)/t9?,10?,11?,12?,13?,14?,16-,17+,18+,19-,20?,21+,22?,23+,25+,26+,27-/m1/s1. The van der Waals surface area contributed by atoms with Crippen molar-refractivity contribution >= 4 is 18.2 Å². The number of aliphatic hydroxyl groups is 6. The van der Waals surface area contributed by atoms with Crippen molar-refractivity contribution in [2.75, 3.05) is 6.61 Å². The van der Waals surface area contributed by atoms with Crippen molar-refractivity contribution in [3.05, 3.63) is 0 Å². The Balaban J connectivity index is 1.76. The summed E-state index contributed by atoms with van der Waals surface area (Å²) in [6, 6.07) is -1.04. The van der Waals surface area contributed by atoms with Crippen LogP contribution < -0.4 is 5.32 Å². The molecule has 0 bridgehead atoms. The molecule has 17 heteroatoms. The molecule has 0 saturated carbocycles. The van der Waals surface area contributed by atoms with E-state index in [1.165, 1.54) is 34.6 Å². The van der Waals surface area contributed by atoms with Crippen molar-refractivity contribution in [3.63, 3.8) is 0 Å². The fraction of sp³-hybridized carbons (Fsp3) is 0.889. The molecule has 254 valence electrons. The molecule has 3 saturated heterocycles. The van der Waals surface area contributed by atoms with Gasteiger partial charge in [0, 0.05) is 0 Å². The molecule has 0 aliphatic carbocycles. The Morgan fingerprint density at radius 1 is 0.795 bits per heavy atom. The van der Waals surface area contributed by atoms with Gasteiger partial charge in [-0.3, -0.25) is 9.59 Å². The monoisotopic (exact) mass is 639 g/mol. The molecule has 17 atom stereocenters. The first kappa shape index (κ1) is 36.6. The van der Waals surface area contributed by atoms with E-state index < -0.39 is 116 Å². The number of amides is 1. The molecule has 17 nitrogen and oxygen atoms in total. The maximum atomic E-state index is 12.2. The Morgan fingerprint density at radius 2 is 1.36 bits per heavy atom. The number of aliphatic carboxylic acids is 1. The third-order valence-electron chi connectivity index (χ3n) is 7.98. The van der Waals surface area contributed by atoms with Crippen LogP contribution in [0.25, 0.3) is 0 Å². The van der Waals surface area contributed by atoms with Gasteiger partial charge in [0.05, 0.1) is 61.4 Å². The number of hydrogen-bond acceptors (Lipinski definition) is 15. The van der Waals surface area contributed by atoms with Gasteiger partial charge in [0.25, 0.3) is 0 Å². The largest absolute Gasteiger partial charge is 0.481 e. The Hall–Kier alpha value is -1.87. The molecule has 3 heterocycles. The molecule has 8 unspecified atom stereocenters. The quantitative estimate of drug-likeness (QED) is 0.0968. The first-order valence-electron chi connectivity index (χ1n) is 14.5. The second kappa shape index (κ2) is 15.6. The van der Waals surface area contributed by atoms with Gasteiger partial charge in [-0.15, -0.1) is 0 Å². The topological polar surface area (TPSA) is 260 Å². The van der Waals surface area contributed by atoms with Crippen LogP contribution in [-0.4, -0.2) is 153 Å². The second-order valence-corrected chi connectivity index (χ2v) is 11.7. The van der Waals surface area contributed by atoms with Gasteiger partial charge in [-0.1, -0.05) is 0 Å². The fourth-order valence-electron chi connectivity index (χ4n) is 5.22. The van der Waals surface area contributed by atoms with Crippen molar-refractivity contribution in [1.29, 1.82) is 0 Å². The third kappa shape index (κ3) is 8.48. The van der Waals surface area contributed by atoms with Crippen molar-refractivity contribution in [2.24, 2.45) is 11.8 Å². The zero-order valence-electron chi connectivity index (χ0n) is 25.1. The Bertz CT molecular complexity index is 970. The molecule has 3 fully saturated rings. The van der Waals surface area contributed by atoms with Gasteiger partial charge in [-0.05, 0) is 34.6 Å². The Labute approximate surface area is 253 Å². The van der Waals surface area contributed by atoms with E-state index in [4.69, 9.17) is 28.4 Å². The summed E-state index contributed by atoms with van der Waals surface area (Å²) in [4.78, 5) is 35.4. The number of carboxylic acid groups (broad SMARTS) is 1. The SMILES string of the molecule is CC(O)CC(=O)N[C@@H]1C(C)O[C@@H](OC2[C@@H](O)C(C)O[C@@H](O[C@H]3C(O)[C@@H](O)C(C)O[C@H]3OCC(C)C(=O)O)[C@H]2O)C(C=O)[C@H]1O. The number of aldehydes is 1. The average Bonchev–Trinajstić information content (AvgIpc) is 2.94. The molecule has 3 aliphatic heterocycles. The van der Waals surface area contributed by atoms with E-state index >= 15 is 0 Å². The number of carbonyl (C=O) groups is 3. The summed E-state index contributed by atoms with van der Waals surface area (Å²) in [6.07, 6.45) is -19.1. The number of rotatable bonds is 12. The van der Waals surface area contributed by atoms with Gasteiger partial charge in [0.15, 0.2) is 18.9 Å². The van der Waals surface area contributed by atoms with Crippen LogP contribution in [0.2, 0.25) is 0 Å². The van der Waals surface area contributed by atoms with Crippen molar-refractivity contribution in [3.8, 4) is 0 Å². The maximum absolute atomic E-state index is 12.2. The van der Waals surface area contributed by atoms with Crippen LogP contribution in [0.15, 0.2) is 0 Å². The first-order valence-corrected chi connectivity index (χ1v) is 14.5. The molecule has 1 amide bonds. The van der Waals surface area contributed by atoms with E-state index in [-0.39, 0.29) is 13.0 Å². The van der Waals surface area contributed by atoms with E-state index in [1.54, 1.807) is 0 Å². The normalized spacial score (nSPS) is 44.4. The van der Waals surface area contributed by atoms with Gasteiger partial charge in [-0.2, -0.15) is 0 Å². The molecule has 3 aliphatic rings. The highest BCUT2D eigenvalue weighted by molar-refractivity contribution is 5.77. The lowest BCUT2D eigenvalue weighted by molar-refractivity contribution is -0.375. The predicted molar refractivity (Wildman–Crippen MR) is 143 cm³/mol. The highest BCUT2D eigenvalue weighted by atomic mass is 16.8. The highest BCUT2D eigenvalue weighted by Crippen LogP contribution is 2.34. The molecular formula is C27H45NO16. The Kier molecular flexibility index (Phi) is 13.0. The van der Waals surface area contributed by atoms with Crippen LogP contribution in [0.1, 0.15) is 41.0 Å². The number of nitrogens with one attached hydrogen (secondary N) is 1. The summed E-state index contributed by atoms with van der Waals surface area (Å²) in [7, 11) is 0. The first-order chi connectivity index (χ1) is 20.6. The summed E-state index contributed by atoms with van der Waals surface area (Å²) >= 11 is 0. The molecular weight excluding hydrogens is 594 g/mol. The lowest BCUT2D eigenvalue weighted by Gasteiger charge is -2.48. The molecule has 44 heavy (non-hydrogen) atoms. The fourth-order valence-corrected chi connectivity index (χ4v) is 5.22. The van der Waals surface area contributed by atoms with Crippen LogP contribution in [0.4, 0.5) is 0 Å². The summed E-state index contributed by atoms with van der Waals surface area (Å²) in [5, 5.41) is 75.3. The molecule has 0 spiro atoms. The summed E-state index contributed by atoms with van der Waals surface area (Å²) in [5.74, 6) is -4.06. The molecule has 8 N–H and O–H groups in total. The number of carbonyl (C=O) groups excluding carboxylic acids is 2. The predicted octanol–water partition coefficient (Wildman–Crippen LogP) is -3.40. The smallest absolute Gasteiger partial charge is 0.308 e. The van der Waals surface area contributed by atoms with E-state index in [0.717, 1.165) is 0 Å². The van der Waals surface area contributed by atoms with Crippen molar-refractivity contribution in [2.45, 2.75) is 133 Å². The number of hydrogen-bond donors (Lipinski definition) is 8. The number of carboxylic acids is 1.